The lowest BCUT2D eigenvalue weighted by Crippen LogP contribution is -2.16. The average molecular weight is 432 g/mol. The predicted octanol–water partition coefficient (Wildman–Crippen LogP) is 2.17. The van der Waals surface area contributed by atoms with E-state index in [0.717, 1.165) is 0 Å². The van der Waals surface area contributed by atoms with E-state index < -0.39 is 16.7 Å². The van der Waals surface area contributed by atoms with Gasteiger partial charge in [-0.3, -0.25) is 0 Å². The standard InChI is InChI=1S/C15H15ClFN5O5S/c1-25-13-11(27-6-5-17)14(26-2)21-15(20-13)22-28(23,24)9-7-18-12-8(9)3-4-10(16)19-12/h3-4,7H,5-6H2,1-2H3,(H,18,19)(H,20,21,22). The van der Waals surface area contributed by atoms with E-state index in [1.807, 2.05) is 0 Å². The van der Waals surface area contributed by atoms with Crippen LogP contribution in [0.2, 0.25) is 5.15 Å². The van der Waals surface area contributed by atoms with Crippen LogP contribution in [0.4, 0.5) is 10.3 Å². The summed E-state index contributed by atoms with van der Waals surface area (Å²) in [5, 5.41) is 0.548. The van der Waals surface area contributed by atoms with Gasteiger partial charge in [-0.25, -0.2) is 22.5 Å². The summed E-state index contributed by atoms with van der Waals surface area (Å²) in [6, 6.07) is 2.99. The summed E-state index contributed by atoms with van der Waals surface area (Å²) in [6.45, 7) is -1.02. The summed E-state index contributed by atoms with van der Waals surface area (Å²) in [5.41, 5.74) is 0.305. The fraction of sp³-hybridized carbons (Fsp3) is 0.267. The summed E-state index contributed by atoms with van der Waals surface area (Å²) >= 11 is 5.81. The highest BCUT2D eigenvalue weighted by atomic mass is 35.5. The summed E-state index contributed by atoms with van der Waals surface area (Å²) in [7, 11) is -1.51. The average Bonchev–Trinajstić information content (AvgIpc) is 3.09. The first-order chi connectivity index (χ1) is 13.4. The van der Waals surface area contributed by atoms with Crippen LogP contribution in [-0.4, -0.2) is 55.9 Å². The van der Waals surface area contributed by atoms with E-state index in [9.17, 15) is 12.8 Å². The number of pyridine rings is 1. The molecule has 0 aliphatic heterocycles. The quantitative estimate of drug-likeness (QED) is 0.519. The number of hydrogen-bond donors (Lipinski definition) is 2. The number of ether oxygens (including phenoxy) is 3. The number of aromatic nitrogens is 4. The molecule has 0 saturated heterocycles. The number of rotatable bonds is 8. The maximum absolute atomic E-state index is 12.8. The number of hydrogen-bond acceptors (Lipinski definition) is 8. The number of sulfonamides is 1. The second kappa shape index (κ2) is 8.02. The number of halogens is 2. The molecule has 0 fully saturated rings. The molecule has 0 amide bonds. The van der Waals surface area contributed by atoms with Crippen LogP contribution < -0.4 is 18.9 Å². The highest BCUT2D eigenvalue weighted by molar-refractivity contribution is 7.93. The van der Waals surface area contributed by atoms with Gasteiger partial charge in [0.05, 0.1) is 14.2 Å². The third kappa shape index (κ3) is 3.87. The van der Waals surface area contributed by atoms with Gasteiger partial charge in [0.1, 0.15) is 29.0 Å². The van der Waals surface area contributed by atoms with Gasteiger partial charge in [0.25, 0.3) is 21.8 Å². The maximum Gasteiger partial charge on any atom is 0.266 e. The summed E-state index contributed by atoms with van der Waals surface area (Å²) in [6.07, 6.45) is 1.27. The van der Waals surface area contributed by atoms with Crippen LogP contribution >= 0.6 is 11.6 Å². The molecule has 0 unspecified atom stereocenters. The number of H-pyrrole nitrogens is 1. The largest absolute Gasteiger partial charge is 0.481 e. The van der Waals surface area contributed by atoms with E-state index in [0.29, 0.717) is 11.0 Å². The Hall–Kier alpha value is -2.86. The molecule has 13 heteroatoms. The Kier molecular flexibility index (Phi) is 5.70. The molecule has 0 saturated carbocycles. The minimum atomic E-state index is -4.09. The lowest BCUT2D eigenvalue weighted by molar-refractivity contribution is 0.240. The van der Waals surface area contributed by atoms with E-state index in [-0.39, 0.29) is 40.1 Å². The second-order valence-corrected chi connectivity index (χ2v) is 7.26. The number of methoxy groups -OCH3 is 2. The van der Waals surface area contributed by atoms with Gasteiger partial charge in [-0.05, 0) is 12.1 Å². The van der Waals surface area contributed by atoms with Crippen molar-refractivity contribution >= 4 is 38.6 Å². The van der Waals surface area contributed by atoms with Crippen LogP contribution in [0.3, 0.4) is 0 Å². The van der Waals surface area contributed by atoms with E-state index in [1.165, 1.54) is 32.5 Å². The predicted molar refractivity (Wildman–Crippen MR) is 98.5 cm³/mol. The maximum atomic E-state index is 12.8. The number of anilines is 1. The van der Waals surface area contributed by atoms with Crippen LogP contribution in [0.5, 0.6) is 17.5 Å². The van der Waals surface area contributed by atoms with Crippen LogP contribution in [-0.2, 0) is 10.0 Å². The van der Waals surface area contributed by atoms with Gasteiger partial charge in [0, 0.05) is 11.6 Å². The molecule has 0 aliphatic rings. The lowest BCUT2D eigenvalue weighted by Gasteiger charge is -2.14. The topological polar surface area (TPSA) is 128 Å². The highest BCUT2D eigenvalue weighted by Gasteiger charge is 2.24. The minimum Gasteiger partial charge on any atom is -0.481 e. The van der Waals surface area contributed by atoms with Crippen LogP contribution in [0.15, 0.2) is 23.2 Å². The summed E-state index contributed by atoms with van der Waals surface area (Å²) in [4.78, 5) is 14.6. The molecule has 0 aliphatic carbocycles. The summed E-state index contributed by atoms with van der Waals surface area (Å²) < 4.78 is 55.5. The third-order valence-electron chi connectivity index (χ3n) is 3.50. The second-order valence-electron chi connectivity index (χ2n) is 5.22. The summed E-state index contributed by atoms with van der Waals surface area (Å²) in [5.74, 6) is -0.607. The van der Waals surface area contributed by atoms with Crippen LogP contribution in [0.1, 0.15) is 0 Å². The van der Waals surface area contributed by atoms with Crippen LogP contribution in [0, 0.1) is 0 Å². The molecule has 3 aromatic heterocycles. The van der Waals surface area contributed by atoms with Crippen molar-refractivity contribution in [3.8, 4) is 17.5 Å². The Morgan fingerprint density at radius 2 is 1.86 bits per heavy atom. The van der Waals surface area contributed by atoms with Gasteiger partial charge < -0.3 is 19.2 Å². The Balaban J connectivity index is 1.99. The fourth-order valence-electron chi connectivity index (χ4n) is 2.35. The Bertz CT molecular complexity index is 1080. The molecule has 3 rings (SSSR count). The van der Waals surface area contributed by atoms with Crippen molar-refractivity contribution in [1.82, 2.24) is 19.9 Å². The van der Waals surface area contributed by atoms with E-state index in [1.54, 1.807) is 0 Å². The zero-order valence-corrected chi connectivity index (χ0v) is 16.3. The number of aromatic amines is 1. The van der Waals surface area contributed by atoms with Gasteiger partial charge in [-0.2, -0.15) is 9.97 Å². The lowest BCUT2D eigenvalue weighted by atomic mass is 10.3. The van der Waals surface area contributed by atoms with Crippen molar-refractivity contribution < 1.29 is 27.0 Å². The van der Waals surface area contributed by atoms with E-state index in [4.69, 9.17) is 25.8 Å². The third-order valence-corrected chi connectivity index (χ3v) is 5.07. The SMILES string of the molecule is COc1nc(NS(=O)(=O)c2c[nH]c3nc(Cl)ccc23)nc(OC)c1OCCF. The van der Waals surface area contributed by atoms with Crippen molar-refractivity contribution in [2.75, 3.05) is 32.2 Å². The molecule has 28 heavy (non-hydrogen) atoms. The smallest absolute Gasteiger partial charge is 0.266 e. The van der Waals surface area contributed by atoms with Crippen LogP contribution in [0.25, 0.3) is 11.0 Å². The molecule has 2 N–H and O–H groups in total. The molecule has 0 spiro atoms. The van der Waals surface area contributed by atoms with Gasteiger partial charge in [-0.1, -0.05) is 11.6 Å². The Morgan fingerprint density at radius 1 is 1.18 bits per heavy atom. The molecule has 0 radical (unpaired) electrons. The molecular weight excluding hydrogens is 417 g/mol. The van der Waals surface area contributed by atoms with E-state index in [2.05, 4.69) is 24.7 Å². The van der Waals surface area contributed by atoms with Crippen molar-refractivity contribution in [3.05, 3.63) is 23.5 Å². The molecule has 3 heterocycles. The highest BCUT2D eigenvalue weighted by Crippen LogP contribution is 2.35. The fourth-order valence-corrected chi connectivity index (χ4v) is 3.61. The van der Waals surface area contributed by atoms with Crippen molar-refractivity contribution in [2.45, 2.75) is 4.90 Å². The first-order valence-electron chi connectivity index (χ1n) is 7.75. The van der Waals surface area contributed by atoms with Crippen molar-refractivity contribution in [3.63, 3.8) is 0 Å². The molecular formula is C15H15ClFN5O5S. The Morgan fingerprint density at radius 3 is 2.46 bits per heavy atom. The van der Waals surface area contributed by atoms with Gasteiger partial charge in [-0.15, -0.1) is 0 Å². The number of alkyl halides is 1. The molecule has 3 aromatic rings. The van der Waals surface area contributed by atoms with Gasteiger partial charge >= 0.3 is 0 Å². The molecule has 10 nitrogen and oxygen atoms in total. The van der Waals surface area contributed by atoms with Gasteiger partial charge in [0.15, 0.2) is 0 Å². The molecule has 0 aromatic carbocycles. The number of nitrogens with one attached hydrogen (secondary N) is 2. The zero-order valence-electron chi connectivity index (χ0n) is 14.7. The van der Waals surface area contributed by atoms with E-state index >= 15 is 0 Å². The van der Waals surface area contributed by atoms with Gasteiger partial charge in [0.2, 0.25) is 11.7 Å². The normalized spacial score (nSPS) is 11.4. The number of nitrogens with zero attached hydrogens (tertiary/aromatic N) is 3. The van der Waals surface area contributed by atoms with Crippen molar-refractivity contribution in [2.24, 2.45) is 0 Å². The molecule has 0 atom stereocenters. The zero-order chi connectivity index (χ0) is 20.3. The van der Waals surface area contributed by atoms with Crippen molar-refractivity contribution in [1.29, 1.82) is 0 Å². The Labute approximate surface area is 164 Å². The molecule has 0 bridgehead atoms. The minimum absolute atomic E-state index is 0.0449. The first-order valence-corrected chi connectivity index (χ1v) is 9.61. The first kappa shape index (κ1) is 19.9. The monoisotopic (exact) mass is 431 g/mol. The molecule has 150 valence electrons. The number of fused-ring (bicyclic) bond motifs is 1.